The van der Waals surface area contributed by atoms with Crippen molar-refractivity contribution in [2.24, 2.45) is 5.92 Å². The first-order chi connectivity index (χ1) is 14.5. The monoisotopic (exact) mass is 420 g/mol. The number of ether oxygens (including phenoxy) is 2. The summed E-state index contributed by atoms with van der Waals surface area (Å²) in [6.45, 7) is 5.91. The molecule has 1 aromatic rings. The normalized spacial score (nSPS) is 13.1. The third-order valence-corrected chi connectivity index (χ3v) is 5.19. The van der Waals surface area contributed by atoms with Gasteiger partial charge in [-0.25, -0.2) is 4.79 Å². The molecule has 0 bridgehead atoms. The molecule has 2 atom stereocenters. The second-order valence-corrected chi connectivity index (χ2v) is 8.32. The predicted molar refractivity (Wildman–Crippen MR) is 119 cm³/mol. The summed E-state index contributed by atoms with van der Waals surface area (Å²) in [7, 11) is 0. The van der Waals surface area contributed by atoms with E-state index in [4.69, 9.17) is 9.47 Å². The number of carbonyl (C=O) groups excluding carboxylic acids is 2. The fraction of sp³-hybridized carbons (Fsp3) is 0.680. The lowest BCUT2D eigenvalue weighted by atomic mass is 10.0. The average molecular weight is 421 g/mol. The molecule has 0 aromatic heterocycles. The smallest absolute Gasteiger partial charge is 0.339 e. The van der Waals surface area contributed by atoms with Crippen molar-refractivity contribution in [1.82, 2.24) is 0 Å². The molecule has 0 saturated heterocycles. The summed E-state index contributed by atoms with van der Waals surface area (Å²) in [6, 6.07) is 9.26. The summed E-state index contributed by atoms with van der Waals surface area (Å²) in [4.78, 5) is 24.4. The van der Waals surface area contributed by atoms with Gasteiger partial charge >= 0.3 is 11.9 Å². The molecule has 0 fully saturated rings. The van der Waals surface area contributed by atoms with Crippen LogP contribution in [0.4, 0.5) is 0 Å². The number of aliphatic hydroxyl groups excluding tert-OH is 1. The van der Waals surface area contributed by atoms with E-state index < -0.39 is 18.2 Å². The maximum Gasteiger partial charge on any atom is 0.339 e. The van der Waals surface area contributed by atoms with Crippen LogP contribution >= 0.6 is 0 Å². The Hall–Kier alpha value is -1.88. The maximum atomic E-state index is 12.2. The molecule has 30 heavy (non-hydrogen) atoms. The van der Waals surface area contributed by atoms with Gasteiger partial charge < -0.3 is 14.6 Å². The van der Waals surface area contributed by atoms with Gasteiger partial charge in [0.25, 0.3) is 0 Å². The van der Waals surface area contributed by atoms with E-state index >= 15 is 0 Å². The molecule has 0 spiro atoms. The number of rotatable bonds is 16. The lowest BCUT2D eigenvalue weighted by molar-refractivity contribution is -0.173. The zero-order valence-electron chi connectivity index (χ0n) is 19.0. The first kappa shape index (κ1) is 26.2. The summed E-state index contributed by atoms with van der Waals surface area (Å²) in [6.07, 6.45) is 8.47. The third-order valence-electron chi connectivity index (χ3n) is 5.19. The van der Waals surface area contributed by atoms with Gasteiger partial charge in [-0.1, -0.05) is 102 Å². The van der Waals surface area contributed by atoms with Crippen molar-refractivity contribution >= 4 is 11.9 Å². The highest BCUT2D eigenvalue weighted by Crippen LogP contribution is 2.16. The highest BCUT2D eigenvalue weighted by Gasteiger charge is 2.33. The van der Waals surface area contributed by atoms with E-state index in [1.165, 1.54) is 38.5 Å². The van der Waals surface area contributed by atoms with Crippen molar-refractivity contribution in [3.63, 3.8) is 0 Å². The van der Waals surface area contributed by atoms with Crippen LogP contribution < -0.4 is 0 Å². The molecule has 170 valence electrons. The van der Waals surface area contributed by atoms with E-state index in [-0.39, 0.29) is 18.5 Å². The van der Waals surface area contributed by atoms with Crippen molar-refractivity contribution in [3.8, 4) is 0 Å². The van der Waals surface area contributed by atoms with Crippen LogP contribution in [0.2, 0.25) is 0 Å². The number of hydrogen-bond donors (Lipinski definition) is 1. The molecule has 0 aliphatic carbocycles. The fourth-order valence-corrected chi connectivity index (χ4v) is 3.30. The number of benzene rings is 1. The molecule has 1 aromatic carbocycles. The van der Waals surface area contributed by atoms with Gasteiger partial charge in [-0.2, -0.15) is 0 Å². The standard InChI is InChI=1S/C25H40O5/c1-4-5-6-7-8-9-10-11-15-18-22(26)30-24(20(2)3)23(27)25(28)29-19-21-16-13-12-14-17-21/h12-14,16-17,20,23-24,27H,4-11,15,18-19H2,1-3H3. The Morgan fingerprint density at radius 1 is 0.900 bits per heavy atom. The van der Waals surface area contributed by atoms with Gasteiger partial charge in [-0.15, -0.1) is 0 Å². The second-order valence-electron chi connectivity index (χ2n) is 8.32. The SMILES string of the molecule is CCCCCCCCCCCC(=O)OC(C(C)C)C(O)C(=O)OCc1ccccc1. The molecule has 0 saturated carbocycles. The Morgan fingerprint density at radius 2 is 1.47 bits per heavy atom. The van der Waals surface area contributed by atoms with Crippen LogP contribution in [-0.2, 0) is 25.7 Å². The molecule has 2 unspecified atom stereocenters. The van der Waals surface area contributed by atoms with Crippen molar-refractivity contribution < 1.29 is 24.2 Å². The maximum absolute atomic E-state index is 12.2. The molecule has 1 N–H and O–H groups in total. The van der Waals surface area contributed by atoms with Crippen LogP contribution in [0.1, 0.15) is 90.5 Å². The van der Waals surface area contributed by atoms with Crippen LogP contribution in [0.15, 0.2) is 30.3 Å². The van der Waals surface area contributed by atoms with Crippen molar-refractivity contribution in [3.05, 3.63) is 35.9 Å². The van der Waals surface area contributed by atoms with Crippen LogP contribution in [0.25, 0.3) is 0 Å². The molecule has 0 heterocycles. The Bertz CT molecular complexity index is 584. The van der Waals surface area contributed by atoms with Crippen LogP contribution in [-0.4, -0.2) is 29.3 Å². The van der Waals surface area contributed by atoms with E-state index in [0.717, 1.165) is 24.8 Å². The number of hydrogen-bond acceptors (Lipinski definition) is 5. The Morgan fingerprint density at radius 3 is 2.03 bits per heavy atom. The predicted octanol–water partition coefficient (Wildman–Crippen LogP) is 5.58. The zero-order chi connectivity index (χ0) is 22.2. The summed E-state index contributed by atoms with van der Waals surface area (Å²) in [5.41, 5.74) is 0.835. The Kier molecular flexibility index (Phi) is 13.9. The van der Waals surface area contributed by atoms with Crippen molar-refractivity contribution in [2.75, 3.05) is 0 Å². The van der Waals surface area contributed by atoms with E-state index in [0.29, 0.717) is 6.42 Å². The molecule has 0 aliphatic rings. The van der Waals surface area contributed by atoms with Gasteiger partial charge in [0.1, 0.15) is 12.7 Å². The lowest BCUT2D eigenvalue weighted by Gasteiger charge is -2.25. The number of carbonyl (C=O) groups is 2. The molecular formula is C25H40O5. The zero-order valence-corrected chi connectivity index (χ0v) is 19.0. The Labute approximate surface area is 182 Å². The molecule has 5 heteroatoms. The van der Waals surface area contributed by atoms with Gasteiger partial charge in [0.15, 0.2) is 6.10 Å². The largest absolute Gasteiger partial charge is 0.459 e. The number of esters is 2. The summed E-state index contributed by atoms with van der Waals surface area (Å²) in [5, 5.41) is 10.4. The minimum atomic E-state index is -1.49. The number of aliphatic hydroxyl groups is 1. The van der Waals surface area contributed by atoms with E-state index in [1.807, 2.05) is 44.2 Å². The van der Waals surface area contributed by atoms with Crippen molar-refractivity contribution in [1.29, 1.82) is 0 Å². The van der Waals surface area contributed by atoms with E-state index in [2.05, 4.69) is 6.92 Å². The van der Waals surface area contributed by atoms with Gasteiger partial charge in [0, 0.05) is 6.42 Å². The first-order valence-corrected chi connectivity index (χ1v) is 11.5. The highest BCUT2D eigenvalue weighted by atomic mass is 16.6. The fourth-order valence-electron chi connectivity index (χ4n) is 3.30. The lowest BCUT2D eigenvalue weighted by Crippen LogP contribution is -2.41. The molecule has 0 amide bonds. The van der Waals surface area contributed by atoms with Crippen molar-refractivity contribution in [2.45, 2.75) is 104 Å². The number of unbranched alkanes of at least 4 members (excludes halogenated alkanes) is 8. The van der Waals surface area contributed by atoms with Crippen LogP contribution in [0, 0.1) is 5.92 Å². The molecule has 0 aliphatic heterocycles. The molecular weight excluding hydrogens is 380 g/mol. The summed E-state index contributed by atoms with van der Waals surface area (Å²) in [5.74, 6) is -1.34. The van der Waals surface area contributed by atoms with Gasteiger partial charge in [0.2, 0.25) is 0 Å². The molecule has 0 radical (unpaired) electrons. The minimum absolute atomic E-state index is 0.0773. The quantitative estimate of drug-likeness (QED) is 0.279. The highest BCUT2D eigenvalue weighted by molar-refractivity contribution is 5.76. The summed E-state index contributed by atoms with van der Waals surface area (Å²) < 4.78 is 10.6. The Balaban J connectivity index is 2.28. The minimum Gasteiger partial charge on any atom is -0.459 e. The van der Waals surface area contributed by atoms with Gasteiger partial charge in [-0.05, 0) is 17.9 Å². The van der Waals surface area contributed by atoms with Gasteiger partial charge in [-0.3, -0.25) is 4.79 Å². The van der Waals surface area contributed by atoms with Crippen LogP contribution in [0.3, 0.4) is 0 Å². The van der Waals surface area contributed by atoms with E-state index in [1.54, 1.807) is 0 Å². The van der Waals surface area contributed by atoms with Gasteiger partial charge in [0.05, 0.1) is 0 Å². The second kappa shape index (κ2) is 15.9. The summed E-state index contributed by atoms with van der Waals surface area (Å²) >= 11 is 0. The average Bonchev–Trinajstić information content (AvgIpc) is 2.74. The van der Waals surface area contributed by atoms with Crippen LogP contribution in [0.5, 0.6) is 0 Å². The third kappa shape index (κ3) is 11.3. The molecule has 1 rings (SSSR count). The topological polar surface area (TPSA) is 72.8 Å². The first-order valence-electron chi connectivity index (χ1n) is 11.5. The van der Waals surface area contributed by atoms with E-state index in [9.17, 15) is 14.7 Å². The molecule has 5 nitrogen and oxygen atoms in total.